The van der Waals surface area contributed by atoms with Gasteiger partial charge in [-0.15, -0.1) is 10.2 Å². The summed E-state index contributed by atoms with van der Waals surface area (Å²) < 4.78 is 3.70. The Bertz CT molecular complexity index is 592. The number of aryl methyl sites for hydroxylation is 2. The van der Waals surface area contributed by atoms with Crippen LogP contribution in [0.2, 0.25) is 0 Å². The van der Waals surface area contributed by atoms with Crippen LogP contribution in [0.4, 0.5) is 0 Å². The molecule has 20 heavy (non-hydrogen) atoms. The Labute approximate surface area is 121 Å². The number of aromatic nitrogens is 5. The van der Waals surface area contributed by atoms with Crippen LogP contribution in [-0.2, 0) is 17.8 Å². The highest BCUT2D eigenvalue weighted by molar-refractivity contribution is 7.99. The minimum atomic E-state index is -0.870. The third kappa shape index (κ3) is 3.19. The number of thioether (sulfide) groups is 1. The summed E-state index contributed by atoms with van der Waals surface area (Å²) in [5, 5.41) is 21.9. The first-order valence-corrected chi connectivity index (χ1v) is 7.46. The van der Waals surface area contributed by atoms with Crippen molar-refractivity contribution in [3.63, 3.8) is 0 Å². The first-order chi connectivity index (χ1) is 9.65. The Balaban J connectivity index is 2.35. The van der Waals surface area contributed by atoms with Crippen molar-refractivity contribution in [3.05, 3.63) is 18.2 Å². The van der Waals surface area contributed by atoms with E-state index >= 15 is 0 Å². The molecular weight excluding hydrogens is 278 g/mol. The predicted octanol–water partition coefficient (Wildman–Crippen LogP) is 1.61. The van der Waals surface area contributed by atoms with Crippen LogP contribution in [0.3, 0.4) is 0 Å². The maximum atomic E-state index is 10.7. The van der Waals surface area contributed by atoms with Gasteiger partial charge in [0, 0.05) is 19.2 Å². The van der Waals surface area contributed by atoms with Crippen molar-refractivity contribution in [3.8, 4) is 5.69 Å². The standard InChI is InChI=1S/C12H17N5O2S/c1-3-5-10-14-15-12(20-8-11(18)19)17(10)9-6-13-16(4-2)7-9/h6-7H,3-5,8H2,1-2H3,(H,18,19). The minimum Gasteiger partial charge on any atom is -0.481 e. The summed E-state index contributed by atoms with van der Waals surface area (Å²) in [6, 6.07) is 0. The normalized spacial score (nSPS) is 10.9. The monoisotopic (exact) mass is 295 g/mol. The molecule has 2 rings (SSSR count). The quantitative estimate of drug-likeness (QED) is 0.781. The van der Waals surface area contributed by atoms with Gasteiger partial charge in [-0.3, -0.25) is 14.0 Å². The molecule has 0 fully saturated rings. The van der Waals surface area contributed by atoms with E-state index in [1.165, 1.54) is 11.8 Å². The summed E-state index contributed by atoms with van der Waals surface area (Å²) >= 11 is 1.17. The van der Waals surface area contributed by atoms with Gasteiger partial charge in [-0.1, -0.05) is 18.7 Å². The number of hydrogen-bond acceptors (Lipinski definition) is 5. The molecule has 0 aliphatic carbocycles. The van der Waals surface area contributed by atoms with Crippen LogP contribution in [0.5, 0.6) is 0 Å². The van der Waals surface area contributed by atoms with Crippen LogP contribution in [0.15, 0.2) is 17.6 Å². The SMILES string of the molecule is CCCc1nnc(SCC(=O)O)n1-c1cnn(CC)c1. The zero-order valence-electron chi connectivity index (χ0n) is 11.5. The Morgan fingerprint density at radius 3 is 2.80 bits per heavy atom. The van der Waals surface area contributed by atoms with Gasteiger partial charge in [0.25, 0.3) is 0 Å². The lowest BCUT2D eigenvalue weighted by molar-refractivity contribution is -0.133. The predicted molar refractivity (Wildman–Crippen MR) is 75.2 cm³/mol. The average molecular weight is 295 g/mol. The number of carbonyl (C=O) groups is 1. The van der Waals surface area contributed by atoms with Crippen molar-refractivity contribution in [2.45, 2.75) is 38.4 Å². The second-order valence-electron chi connectivity index (χ2n) is 4.22. The fourth-order valence-corrected chi connectivity index (χ4v) is 2.50. The molecule has 0 amide bonds. The largest absolute Gasteiger partial charge is 0.481 e. The minimum absolute atomic E-state index is 0.0355. The van der Waals surface area contributed by atoms with Gasteiger partial charge in [0.05, 0.1) is 17.6 Å². The molecule has 2 aromatic heterocycles. The zero-order chi connectivity index (χ0) is 14.5. The van der Waals surface area contributed by atoms with E-state index in [0.717, 1.165) is 30.9 Å². The van der Waals surface area contributed by atoms with Gasteiger partial charge in [0.2, 0.25) is 0 Å². The van der Waals surface area contributed by atoms with E-state index in [9.17, 15) is 4.79 Å². The Morgan fingerprint density at radius 1 is 1.40 bits per heavy atom. The van der Waals surface area contributed by atoms with Crippen molar-refractivity contribution in [1.29, 1.82) is 0 Å². The summed E-state index contributed by atoms with van der Waals surface area (Å²) in [5.74, 6) is -0.0755. The van der Waals surface area contributed by atoms with Crippen LogP contribution in [0.1, 0.15) is 26.1 Å². The van der Waals surface area contributed by atoms with Crippen LogP contribution in [0, 0.1) is 0 Å². The number of carboxylic acids is 1. The molecule has 0 aromatic carbocycles. The number of hydrogen-bond donors (Lipinski definition) is 1. The highest BCUT2D eigenvalue weighted by Crippen LogP contribution is 2.22. The molecule has 1 N–H and O–H groups in total. The molecule has 0 aliphatic heterocycles. The third-order valence-electron chi connectivity index (χ3n) is 2.70. The van der Waals surface area contributed by atoms with Crippen molar-refractivity contribution in [1.82, 2.24) is 24.5 Å². The summed E-state index contributed by atoms with van der Waals surface area (Å²) in [7, 11) is 0. The molecule has 0 atom stereocenters. The summed E-state index contributed by atoms with van der Waals surface area (Å²) in [6.45, 7) is 4.86. The molecule has 0 saturated carbocycles. The molecule has 0 bridgehead atoms. The Morgan fingerprint density at radius 2 is 2.20 bits per heavy atom. The maximum absolute atomic E-state index is 10.7. The molecule has 2 aromatic rings. The van der Waals surface area contributed by atoms with Gasteiger partial charge in [0.15, 0.2) is 5.16 Å². The topological polar surface area (TPSA) is 85.8 Å². The summed E-state index contributed by atoms with van der Waals surface area (Å²) in [4.78, 5) is 10.7. The lowest BCUT2D eigenvalue weighted by Gasteiger charge is -2.06. The molecule has 0 saturated heterocycles. The van der Waals surface area contributed by atoms with E-state index in [0.29, 0.717) is 5.16 Å². The van der Waals surface area contributed by atoms with Crippen molar-refractivity contribution >= 4 is 17.7 Å². The third-order valence-corrected chi connectivity index (χ3v) is 3.61. The zero-order valence-corrected chi connectivity index (χ0v) is 12.3. The number of nitrogens with zero attached hydrogens (tertiary/aromatic N) is 5. The molecule has 0 unspecified atom stereocenters. The molecular formula is C12H17N5O2S. The van der Waals surface area contributed by atoms with Crippen LogP contribution in [0.25, 0.3) is 5.69 Å². The van der Waals surface area contributed by atoms with Gasteiger partial charge in [-0.2, -0.15) is 5.10 Å². The first kappa shape index (κ1) is 14.6. The molecule has 8 heteroatoms. The summed E-state index contributed by atoms with van der Waals surface area (Å²) in [5.41, 5.74) is 0.869. The molecule has 108 valence electrons. The second-order valence-corrected chi connectivity index (χ2v) is 5.16. The van der Waals surface area contributed by atoms with Gasteiger partial charge in [-0.05, 0) is 13.3 Å². The van der Waals surface area contributed by atoms with E-state index in [4.69, 9.17) is 5.11 Å². The highest BCUT2D eigenvalue weighted by Gasteiger charge is 2.16. The lowest BCUT2D eigenvalue weighted by Crippen LogP contribution is -2.04. The molecule has 2 heterocycles. The van der Waals surface area contributed by atoms with E-state index in [-0.39, 0.29) is 5.75 Å². The van der Waals surface area contributed by atoms with E-state index in [2.05, 4.69) is 22.2 Å². The fraction of sp³-hybridized carbons (Fsp3) is 0.500. The van der Waals surface area contributed by atoms with Crippen LogP contribution in [-0.4, -0.2) is 41.4 Å². The van der Waals surface area contributed by atoms with Gasteiger partial charge in [0.1, 0.15) is 5.82 Å². The maximum Gasteiger partial charge on any atom is 0.313 e. The van der Waals surface area contributed by atoms with Crippen molar-refractivity contribution in [2.24, 2.45) is 0 Å². The van der Waals surface area contributed by atoms with E-state index < -0.39 is 5.97 Å². The van der Waals surface area contributed by atoms with Crippen LogP contribution >= 0.6 is 11.8 Å². The lowest BCUT2D eigenvalue weighted by atomic mass is 10.3. The van der Waals surface area contributed by atoms with Crippen molar-refractivity contribution < 1.29 is 9.90 Å². The second kappa shape index (κ2) is 6.56. The smallest absolute Gasteiger partial charge is 0.313 e. The molecule has 0 aliphatic rings. The summed E-state index contributed by atoms with van der Waals surface area (Å²) in [6.07, 6.45) is 5.39. The highest BCUT2D eigenvalue weighted by atomic mass is 32.2. The van der Waals surface area contributed by atoms with Crippen LogP contribution < -0.4 is 0 Å². The molecule has 7 nitrogen and oxygen atoms in total. The van der Waals surface area contributed by atoms with Gasteiger partial charge < -0.3 is 5.11 Å². The molecule has 0 spiro atoms. The molecule has 0 radical (unpaired) electrons. The Kier molecular flexibility index (Phi) is 4.78. The van der Waals surface area contributed by atoms with Gasteiger partial charge in [-0.25, -0.2) is 0 Å². The van der Waals surface area contributed by atoms with E-state index in [1.54, 1.807) is 6.20 Å². The van der Waals surface area contributed by atoms with Gasteiger partial charge >= 0.3 is 5.97 Å². The number of rotatable bonds is 7. The van der Waals surface area contributed by atoms with E-state index in [1.807, 2.05) is 22.4 Å². The number of aliphatic carboxylic acids is 1. The Hall–Kier alpha value is -1.83. The average Bonchev–Trinajstić information content (AvgIpc) is 3.02. The van der Waals surface area contributed by atoms with Crippen molar-refractivity contribution in [2.75, 3.05) is 5.75 Å². The first-order valence-electron chi connectivity index (χ1n) is 6.47. The number of carboxylic acid groups (broad SMARTS) is 1. The fourth-order valence-electron chi connectivity index (χ4n) is 1.81.